The number of nitrogens with zero attached hydrogens (tertiary/aromatic N) is 1. The Morgan fingerprint density at radius 3 is 2.41 bits per heavy atom. The molecule has 0 saturated carbocycles. The maximum absolute atomic E-state index is 14.2. The van der Waals surface area contributed by atoms with Gasteiger partial charge in [-0.15, -0.1) is 0 Å². The molecule has 2 aromatic carbocycles. The van der Waals surface area contributed by atoms with Gasteiger partial charge in [0, 0.05) is 20.2 Å². The van der Waals surface area contributed by atoms with Gasteiger partial charge >= 0.3 is 6.18 Å². The van der Waals surface area contributed by atoms with Gasteiger partial charge in [0.05, 0.1) is 35.3 Å². The van der Waals surface area contributed by atoms with Crippen molar-refractivity contribution in [3.63, 3.8) is 0 Å². The molecule has 146 valence electrons. The normalized spacial score (nSPS) is 11.1. The predicted octanol–water partition coefficient (Wildman–Crippen LogP) is 3.97. The van der Waals surface area contributed by atoms with E-state index in [1.807, 2.05) is 0 Å². The standard InChI is InChI=1S/C17H17F4N3O3/c1-22-11-8-14(27-3)12(7-13(11)24(2)26)23-16(25)9-5-4-6-10(15(9)18)17(19,20)21/h4-8,22,26H,1-3H3,(H,23,25). The molecule has 0 atom stereocenters. The number of anilines is 3. The molecule has 27 heavy (non-hydrogen) atoms. The van der Waals surface area contributed by atoms with Crippen LogP contribution in [0.15, 0.2) is 30.3 Å². The summed E-state index contributed by atoms with van der Waals surface area (Å²) in [5.74, 6) is -2.61. The Kier molecular flexibility index (Phi) is 5.79. The van der Waals surface area contributed by atoms with Gasteiger partial charge in [-0.1, -0.05) is 6.07 Å². The molecular weight excluding hydrogens is 370 g/mol. The number of benzene rings is 2. The first-order valence-electron chi connectivity index (χ1n) is 7.59. The first-order chi connectivity index (χ1) is 12.6. The molecule has 0 spiro atoms. The predicted molar refractivity (Wildman–Crippen MR) is 92.1 cm³/mol. The quantitative estimate of drug-likeness (QED) is 0.535. The van der Waals surface area contributed by atoms with Crippen molar-refractivity contribution < 1.29 is 32.3 Å². The zero-order valence-electron chi connectivity index (χ0n) is 14.6. The number of alkyl halides is 3. The minimum atomic E-state index is -4.93. The van der Waals surface area contributed by atoms with E-state index < -0.39 is 29.0 Å². The van der Waals surface area contributed by atoms with Gasteiger partial charge in [0.1, 0.15) is 11.6 Å². The molecule has 0 bridgehead atoms. The number of hydrogen-bond donors (Lipinski definition) is 3. The summed E-state index contributed by atoms with van der Waals surface area (Å²) in [6.45, 7) is 0. The summed E-state index contributed by atoms with van der Waals surface area (Å²) in [5, 5.41) is 15.6. The van der Waals surface area contributed by atoms with E-state index in [1.165, 1.54) is 26.3 Å². The van der Waals surface area contributed by atoms with Crippen LogP contribution >= 0.6 is 0 Å². The molecule has 0 aliphatic rings. The molecule has 3 N–H and O–H groups in total. The van der Waals surface area contributed by atoms with Gasteiger partial charge in [0.2, 0.25) is 0 Å². The Labute approximate surface area is 152 Å². The maximum Gasteiger partial charge on any atom is 0.419 e. The van der Waals surface area contributed by atoms with Crippen molar-refractivity contribution >= 4 is 23.0 Å². The molecule has 1 amide bonds. The number of carbonyl (C=O) groups excluding carboxylic acids is 1. The third-order valence-electron chi connectivity index (χ3n) is 3.73. The summed E-state index contributed by atoms with van der Waals surface area (Å²) in [7, 11) is 4.25. The smallest absolute Gasteiger partial charge is 0.419 e. The zero-order valence-corrected chi connectivity index (χ0v) is 14.6. The summed E-state index contributed by atoms with van der Waals surface area (Å²) < 4.78 is 57.8. The van der Waals surface area contributed by atoms with E-state index in [2.05, 4.69) is 10.6 Å². The second kappa shape index (κ2) is 7.70. The van der Waals surface area contributed by atoms with Gasteiger partial charge in [0.25, 0.3) is 5.91 Å². The molecule has 10 heteroatoms. The van der Waals surface area contributed by atoms with Crippen LogP contribution < -0.4 is 20.4 Å². The zero-order chi connectivity index (χ0) is 20.4. The van der Waals surface area contributed by atoms with Crippen molar-refractivity contribution in [3.05, 3.63) is 47.3 Å². The lowest BCUT2D eigenvalue weighted by Crippen LogP contribution is -2.19. The molecule has 2 rings (SSSR count). The Morgan fingerprint density at radius 1 is 1.22 bits per heavy atom. The lowest BCUT2D eigenvalue weighted by Gasteiger charge is -2.19. The first kappa shape index (κ1) is 20.3. The fourth-order valence-electron chi connectivity index (χ4n) is 2.42. The number of ether oxygens (including phenoxy) is 1. The van der Waals surface area contributed by atoms with E-state index in [4.69, 9.17) is 4.74 Å². The lowest BCUT2D eigenvalue weighted by atomic mass is 10.1. The molecule has 0 saturated heterocycles. The molecule has 0 aromatic heterocycles. The van der Waals surface area contributed by atoms with Crippen molar-refractivity contribution in [1.29, 1.82) is 0 Å². The molecule has 0 unspecified atom stereocenters. The van der Waals surface area contributed by atoms with E-state index in [0.717, 1.165) is 17.2 Å². The highest BCUT2D eigenvalue weighted by atomic mass is 19.4. The van der Waals surface area contributed by atoms with E-state index in [9.17, 15) is 27.6 Å². The van der Waals surface area contributed by atoms with Gasteiger partial charge < -0.3 is 15.4 Å². The molecule has 0 aliphatic carbocycles. The number of carbonyl (C=O) groups is 1. The van der Waals surface area contributed by atoms with Gasteiger partial charge in [-0.3, -0.25) is 15.1 Å². The fourth-order valence-corrected chi connectivity index (χ4v) is 2.42. The summed E-state index contributed by atoms with van der Waals surface area (Å²) in [6, 6.07) is 5.21. The number of amides is 1. The Bertz CT molecular complexity index is 854. The van der Waals surface area contributed by atoms with Gasteiger partial charge in [-0.25, -0.2) is 4.39 Å². The monoisotopic (exact) mass is 387 g/mol. The largest absolute Gasteiger partial charge is 0.494 e. The van der Waals surface area contributed by atoms with Crippen LogP contribution in [0.25, 0.3) is 0 Å². The van der Waals surface area contributed by atoms with E-state index in [0.29, 0.717) is 11.8 Å². The molecule has 2 aromatic rings. The Morgan fingerprint density at radius 2 is 1.89 bits per heavy atom. The molecule has 0 heterocycles. The highest BCUT2D eigenvalue weighted by Gasteiger charge is 2.35. The number of rotatable bonds is 5. The van der Waals surface area contributed by atoms with Crippen LogP contribution in [0, 0.1) is 5.82 Å². The van der Waals surface area contributed by atoms with Crippen LogP contribution in [0.3, 0.4) is 0 Å². The topological polar surface area (TPSA) is 73.8 Å². The summed E-state index contributed by atoms with van der Waals surface area (Å²) in [4.78, 5) is 12.4. The van der Waals surface area contributed by atoms with Crippen molar-refractivity contribution in [2.45, 2.75) is 6.18 Å². The van der Waals surface area contributed by atoms with Crippen LogP contribution in [0.2, 0.25) is 0 Å². The fraction of sp³-hybridized carbons (Fsp3) is 0.235. The van der Waals surface area contributed by atoms with Crippen LogP contribution in [0.1, 0.15) is 15.9 Å². The van der Waals surface area contributed by atoms with E-state index in [1.54, 1.807) is 7.05 Å². The average Bonchev–Trinajstić information content (AvgIpc) is 2.60. The van der Waals surface area contributed by atoms with Gasteiger partial charge in [-0.2, -0.15) is 13.2 Å². The van der Waals surface area contributed by atoms with Gasteiger partial charge in [-0.05, 0) is 18.2 Å². The van der Waals surface area contributed by atoms with E-state index >= 15 is 0 Å². The van der Waals surface area contributed by atoms with Crippen molar-refractivity contribution in [2.75, 3.05) is 36.9 Å². The van der Waals surface area contributed by atoms with E-state index in [-0.39, 0.29) is 17.1 Å². The van der Waals surface area contributed by atoms with Gasteiger partial charge in [0.15, 0.2) is 0 Å². The highest BCUT2D eigenvalue weighted by Crippen LogP contribution is 2.37. The highest BCUT2D eigenvalue weighted by molar-refractivity contribution is 6.06. The van der Waals surface area contributed by atoms with Crippen molar-refractivity contribution in [3.8, 4) is 5.75 Å². The second-order valence-electron chi connectivity index (χ2n) is 5.46. The molecule has 0 aliphatic heterocycles. The van der Waals surface area contributed by atoms with Crippen LogP contribution in [-0.4, -0.2) is 32.3 Å². The lowest BCUT2D eigenvalue weighted by molar-refractivity contribution is -0.140. The average molecular weight is 387 g/mol. The second-order valence-corrected chi connectivity index (χ2v) is 5.46. The Hall–Kier alpha value is -3.01. The number of hydroxylamine groups is 1. The first-order valence-corrected chi connectivity index (χ1v) is 7.59. The summed E-state index contributed by atoms with van der Waals surface area (Å²) in [6.07, 6.45) is -4.93. The van der Waals surface area contributed by atoms with Crippen LogP contribution in [0.5, 0.6) is 5.75 Å². The number of hydrogen-bond acceptors (Lipinski definition) is 5. The third kappa shape index (κ3) is 4.22. The summed E-state index contributed by atoms with van der Waals surface area (Å²) >= 11 is 0. The Balaban J connectivity index is 2.46. The summed E-state index contributed by atoms with van der Waals surface area (Å²) in [5.41, 5.74) is -1.57. The number of nitrogens with one attached hydrogen (secondary N) is 2. The number of halogens is 4. The minimum Gasteiger partial charge on any atom is -0.494 e. The molecule has 6 nitrogen and oxygen atoms in total. The van der Waals surface area contributed by atoms with Crippen molar-refractivity contribution in [2.24, 2.45) is 0 Å². The molecule has 0 radical (unpaired) electrons. The third-order valence-corrected chi connectivity index (χ3v) is 3.73. The maximum atomic E-state index is 14.2. The molecular formula is C17H17F4N3O3. The minimum absolute atomic E-state index is 0.0363. The van der Waals surface area contributed by atoms with Crippen LogP contribution in [0.4, 0.5) is 34.6 Å². The molecule has 0 fully saturated rings. The number of methoxy groups -OCH3 is 1. The SMILES string of the molecule is CNc1cc(OC)c(NC(=O)c2cccc(C(F)(F)F)c2F)cc1N(C)O. The van der Waals surface area contributed by atoms with Crippen LogP contribution in [-0.2, 0) is 6.18 Å². The van der Waals surface area contributed by atoms with Crippen molar-refractivity contribution in [1.82, 2.24) is 0 Å².